The highest BCUT2D eigenvalue weighted by atomic mass is 19.4. The Balaban J connectivity index is 1.34. The van der Waals surface area contributed by atoms with E-state index in [4.69, 9.17) is 4.74 Å². The fourth-order valence-corrected chi connectivity index (χ4v) is 3.58. The van der Waals surface area contributed by atoms with Crippen molar-refractivity contribution < 1.29 is 22.7 Å². The molecule has 0 radical (unpaired) electrons. The number of rotatable bonds is 3. The van der Waals surface area contributed by atoms with E-state index < -0.39 is 17.8 Å². The Morgan fingerprint density at radius 1 is 1.03 bits per heavy atom. The normalized spacial score (nSPS) is 12.4. The summed E-state index contributed by atoms with van der Waals surface area (Å²) in [5.41, 5.74) is 3.72. The molecule has 0 saturated heterocycles. The number of benzene rings is 2. The number of hydrogen-bond donors (Lipinski definition) is 1. The van der Waals surface area contributed by atoms with E-state index in [1.807, 2.05) is 48.5 Å². The van der Waals surface area contributed by atoms with Crippen LogP contribution < -0.4 is 5.32 Å². The fourth-order valence-electron chi connectivity index (χ4n) is 3.58. The fraction of sp³-hybridized carbons (Fsp3) is 0.167. The van der Waals surface area contributed by atoms with Crippen LogP contribution in [0.5, 0.6) is 0 Å². The van der Waals surface area contributed by atoms with Crippen molar-refractivity contribution in [3.8, 4) is 23.0 Å². The minimum Gasteiger partial charge on any atom is -0.449 e. The monoisotopic (exact) mass is 422 g/mol. The van der Waals surface area contributed by atoms with Gasteiger partial charge in [0.25, 0.3) is 0 Å². The molecule has 1 aromatic heterocycles. The van der Waals surface area contributed by atoms with Gasteiger partial charge in [-0.25, -0.2) is 4.79 Å². The van der Waals surface area contributed by atoms with Crippen LogP contribution in [-0.2, 0) is 10.9 Å². The van der Waals surface area contributed by atoms with Gasteiger partial charge in [0.15, 0.2) is 0 Å². The number of fused-ring (bicyclic) bond motifs is 3. The van der Waals surface area contributed by atoms with Crippen molar-refractivity contribution in [2.24, 2.45) is 0 Å². The van der Waals surface area contributed by atoms with Crippen LogP contribution in [-0.4, -0.2) is 24.2 Å². The van der Waals surface area contributed by atoms with Crippen LogP contribution in [0.15, 0.2) is 67.0 Å². The number of aromatic nitrogens is 1. The average Bonchev–Trinajstić information content (AvgIpc) is 3.09. The smallest absolute Gasteiger partial charge is 0.417 e. The van der Waals surface area contributed by atoms with Gasteiger partial charge in [-0.15, -0.1) is 0 Å². The molecule has 0 atom stereocenters. The summed E-state index contributed by atoms with van der Waals surface area (Å²) in [6.45, 7) is 0.109. The van der Waals surface area contributed by atoms with Crippen LogP contribution in [0, 0.1) is 11.8 Å². The molecule has 1 N–H and O–H groups in total. The Bertz CT molecular complexity index is 1130. The molecule has 0 aliphatic heterocycles. The lowest BCUT2D eigenvalue weighted by Crippen LogP contribution is -2.26. The van der Waals surface area contributed by atoms with E-state index in [1.54, 1.807) is 0 Å². The lowest BCUT2D eigenvalue weighted by atomic mass is 9.98. The topological polar surface area (TPSA) is 51.2 Å². The lowest BCUT2D eigenvalue weighted by molar-refractivity contribution is -0.137. The number of amides is 1. The van der Waals surface area contributed by atoms with Gasteiger partial charge >= 0.3 is 12.3 Å². The first-order chi connectivity index (χ1) is 14.9. The van der Waals surface area contributed by atoms with Gasteiger partial charge in [-0.1, -0.05) is 60.4 Å². The summed E-state index contributed by atoms with van der Waals surface area (Å²) in [6.07, 6.45) is -3.15. The highest BCUT2D eigenvalue weighted by Crippen LogP contribution is 2.44. The van der Waals surface area contributed by atoms with Gasteiger partial charge in [0, 0.05) is 23.9 Å². The summed E-state index contributed by atoms with van der Waals surface area (Å²) in [5, 5.41) is 2.49. The average molecular weight is 422 g/mol. The van der Waals surface area contributed by atoms with Crippen LogP contribution in [0.3, 0.4) is 0 Å². The molecule has 1 heterocycles. The minimum absolute atomic E-state index is 0.0552. The number of carbonyl (C=O) groups is 1. The van der Waals surface area contributed by atoms with Crippen molar-refractivity contribution in [1.29, 1.82) is 0 Å². The molecule has 0 unspecified atom stereocenters. The molecule has 2 aromatic carbocycles. The predicted octanol–water partition coefficient (Wildman–Crippen LogP) is 4.99. The molecular weight excluding hydrogens is 405 g/mol. The van der Waals surface area contributed by atoms with Gasteiger partial charge in [-0.05, 0) is 28.3 Å². The maximum Gasteiger partial charge on any atom is 0.417 e. The van der Waals surface area contributed by atoms with E-state index in [2.05, 4.69) is 22.1 Å². The van der Waals surface area contributed by atoms with Gasteiger partial charge in [-0.2, -0.15) is 13.2 Å². The third-order valence-electron chi connectivity index (χ3n) is 4.96. The first kappa shape index (κ1) is 20.5. The summed E-state index contributed by atoms with van der Waals surface area (Å²) in [4.78, 5) is 15.6. The molecular formula is C24H17F3N2O2. The molecule has 0 saturated carbocycles. The Labute approximate surface area is 177 Å². The van der Waals surface area contributed by atoms with E-state index in [-0.39, 0.29) is 24.6 Å². The molecule has 1 aliphatic rings. The van der Waals surface area contributed by atoms with E-state index in [0.717, 1.165) is 34.5 Å². The number of nitrogens with zero attached hydrogens (tertiary/aromatic N) is 1. The third kappa shape index (κ3) is 4.53. The molecule has 4 nitrogen and oxygen atoms in total. The molecule has 1 amide bonds. The summed E-state index contributed by atoms with van der Waals surface area (Å²) in [7, 11) is 0. The third-order valence-corrected chi connectivity index (χ3v) is 4.96. The van der Waals surface area contributed by atoms with Crippen LogP contribution in [0.1, 0.15) is 28.2 Å². The van der Waals surface area contributed by atoms with Gasteiger partial charge in [0.05, 0.1) is 12.1 Å². The van der Waals surface area contributed by atoms with Crippen molar-refractivity contribution in [3.05, 3.63) is 89.2 Å². The standard InChI is InChI=1S/C24H17F3N2O2/c25-24(26,27)17-12-16(13-28-14-17)6-5-11-29-23(30)31-15-22-20-9-3-1-7-18(20)19-8-2-4-10-21(19)22/h1-4,7-10,12-14,22H,11,15H2,(H,29,30). The molecule has 0 spiro atoms. The highest BCUT2D eigenvalue weighted by Gasteiger charge is 2.31. The molecule has 156 valence electrons. The number of pyridine rings is 1. The van der Waals surface area contributed by atoms with Crippen molar-refractivity contribution >= 4 is 6.09 Å². The summed E-state index contributed by atoms with van der Waals surface area (Å²) < 4.78 is 43.5. The van der Waals surface area contributed by atoms with Gasteiger partial charge in [0.1, 0.15) is 6.61 Å². The maximum absolute atomic E-state index is 12.7. The molecule has 31 heavy (non-hydrogen) atoms. The summed E-state index contributed by atoms with van der Waals surface area (Å²) in [5.74, 6) is 5.10. The quantitative estimate of drug-likeness (QED) is 0.605. The van der Waals surface area contributed by atoms with E-state index >= 15 is 0 Å². The Morgan fingerprint density at radius 2 is 1.68 bits per heavy atom. The van der Waals surface area contributed by atoms with Crippen molar-refractivity contribution in [2.45, 2.75) is 12.1 Å². The number of halogens is 3. The van der Waals surface area contributed by atoms with Crippen LogP contribution in [0.2, 0.25) is 0 Å². The van der Waals surface area contributed by atoms with Crippen molar-refractivity contribution in [2.75, 3.05) is 13.2 Å². The zero-order valence-corrected chi connectivity index (χ0v) is 16.2. The first-order valence-corrected chi connectivity index (χ1v) is 9.53. The van der Waals surface area contributed by atoms with Crippen molar-refractivity contribution in [1.82, 2.24) is 10.3 Å². The Hall–Kier alpha value is -3.79. The number of ether oxygens (including phenoxy) is 1. The molecule has 1 aliphatic carbocycles. The van der Waals surface area contributed by atoms with E-state index in [1.165, 1.54) is 6.20 Å². The van der Waals surface area contributed by atoms with Gasteiger partial charge in [-0.3, -0.25) is 4.98 Å². The van der Waals surface area contributed by atoms with Crippen LogP contribution >= 0.6 is 0 Å². The molecule has 4 rings (SSSR count). The molecule has 3 aromatic rings. The van der Waals surface area contributed by atoms with E-state index in [0.29, 0.717) is 0 Å². The maximum atomic E-state index is 12.7. The van der Waals surface area contributed by atoms with Gasteiger partial charge < -0.3 is 10.1 Å². The van der Waals surface area contributed by atoms with Gasteiger partial charge in [0.2, 0.25) is 0 Å². The lowest BCUT2D eigenvalue weighted by Gasteiger charge is -2.14. The second kappa shape index (κ2) is 8.52. The molecule has 7 heteroatoms. The first-order valence-electron chi connectivity index (χ1n) is 9.53. The zero-order valence-electron chi connectivity index (χ0n) is 16.2. The summed E-state index contributed by atoms with van der Waals surface area (Å²) >= 11 is 0. The highest BCUT2D eigenvalue weighted by molar-refractivity contribution is 5.79. The number of carbonyl (C=O) groups excluding carboxylic acids is 1. The Morgan fingerprint density at radius 3 is 2.32 bits per heavy atom. The zero-order chi connectivity index (χ0) is 21.8. The SMILES string of the molecule is O=C(NCC#Cc1cncc(C(F)(F)F)c1)OCC1c2ccccc2-c2ccccc21. The largest absolute Gasteiger partial charge is 0.449 e. The molecule has 0 fully saturated rings. The number of nitrogens with one attached hydrogen (secondary N) is 1. The Kier molecular flexibility index (Phi) is 5.63. The predicted molar refractivity (Wildman–Crippen MR) is 109 cm³/mol. The van der Waals surface area contributed by atoms with Crippen LogP contribution in [0.25, 0.3) is 11.1 Å². The second-order valence-corrected chi connectivity index (χ2v) is 6.94. The van der Waals surface area contributed by atoms with Crippen molar-refractivity contribution in [3.63, 3.8) is 0 Å². The molecule has 0 bridgehead atoms. The minimum atomic E-state index is -4.48. The summed E-state index contributed by atoms with van der Waals surface area (Å²) in [6, 6.07) is 16.9. The van der Waals surface area contributed by atoms with E-state index in [9.17, 15) is 18.0 Å². The second-order valence-electron chi connectivity index (χ2n) is 6.94. The number of hydrogen-bond acceptors (Lipinski definition) is 3. The van der Waals surface area contributed by atoms with Crippen LogP contribution in [0.4, 0.5) is 18.0 Å². The number of alkyl halides is 3. The number of alkyl carbamates (subject to hydrolysis) is 1.